The SMILES string of the molecule is CCN(C1CCc2cc(C(=O)Nc3ccccc3N)ccc21)S(=O)(=O)c1ccccc1F. The Balaban J connectivity index is 1.61. The molecule has 3 N–H and O–H groups in total. The van der Waals surface area contributed by atoms with E-state index in [1.165, 1.54) is 22.5 Å². The van der Waals surface area contributed by atoms with Gasteiger partial charge in [0.15, 0.2) is 0 Å². The Hall–Kier alpha value is -3.23. The Bertz CT molecular complexity index is 1280. The molecule has 0 saturated carbocycles. The van der Waals surface area contributed by atoms with Crippen LogP contribution in [0.1, 0.15) is 40.9 Å². The van der Waals surface area contributed by atoms with Crippen molar-refractivity contribution in [3.05, 3.63) is 89.2 Å². The van der Waals surface area contributed by atoms with Gasteiger partial charge in [0, 0.05) is 12.1 Å². The summed E-state index contributed by atoms with van der Waals surface area (Å²) >= 11 is 0. The third-order valence-corrected chi connectivity index (χ3v) is 7.76. The second-order valence-electron chi connectivity index (χ2n) is 7.65. The summed E-state index contributed by atoms with van der Waals surface area (Å²) in [4.78, 5) is 12.4. The molecule has 0 heterocycles. The number of hydrogen-bond acceptors (Lipinski definition) is 4. The number of amides is 1. The predicted octanol–water partition coefficient (Wildman–Crippen LogP) is 4.36. The first-order valence-electron chi connectivity index (χ1n) is 10.4. The van der Waals surface area contributed by atoms with Gasteiger partial charge in [0.2, 0.25) is 10.0 Å². The van der Waals surface area contributed by atoms with Gasteiger partial charge < -0.3 is 11.1 Å². The summed E-state index contributed by atoms with van der Waals surface area (Å²) in [6.07, 6.45) is 1.19. The van der Waals surface area contributed by atoms with Crippen LogP contribution in [0.15, 0.2) is 71.6 Å². The molecule has 3 aromatic carbocycles. The van der Waals surface area contributed by atoms with E-state index >= 15 is 0 Å². The van der Waals surface area contributed by atoms with Crippen molar-refractivity contribution in [2.45, 2.75) is 30.7 Å². The molecule has 1 amide bonds. The molecule has 1 aliphatic carbocycles. The minimum absolute atomic E-state index is 0.205. The van der Waals surface area contributed by atoms with Crippen LogP contribution in [0.5, 0.6) is 0 Å². The Labute approximate surface area is 186 Å². The van der Waals surface area contributed by atoms with Crippen molar-refractivity contribution in [3.63, 3.8) is 0 Å². The molecule has 1 aliphatic rings. The fourth-order valence-electron chi connectivity index (χ4n) is 4.18. The molecular formula is C24H24FN3O3S. The van der Waals surface area contributed by atoms with Gasteiger partial charge in [-0.05, 0) is 60.4 Å². The van der Waals surface area contributed by atoms with E-state index in [1.54, 1.807) is 49.4 Å². The highest BCUT2D eigenvalue weighted by Gasteiger charge is 2.36. The monoisotopic (exact) mass is 453 g/mol. The molecule has 0 spiro atoms. The minimum atomic E-state index is -4.01. The largest absolute Gasteiger partial charge is 0.397 e. The lowest BCUT2D eigenvalue weighted by atomic mass is 10.0. The van der Waals surface area contributed by atoms with Gasteiger partial charge in [0.1, 0.15) is 10.7 Å². The topological polar surface area (TPSA) is 92.5 Å². The highest BCUT2D eigenvalue weighted by molar-refractivity contribution is 7.89. The van der Waals surface area contributed by atoms with E-state index < -0.39 is 21.9 Å². The molecule has 6 nitrogen and oxygen atoms in total. The third-order valence-electron chi connectivity index (χ3n) is 5.74. The van der Waals surface area contributed by atoms with Crippen molar-refractivity contribution in [2.75, 3.05) is 17.6 Å². The first-order valence-corrected chi connectivity index (χ1v) is 11.8. The molecule has 0 saturated heterocycles. The minimum Gasteiger partial charge on any atom is -0.397 e. The summed E-state index contributed by atoms with van der Waals surface area (Å²) in [6, 6.07) is 17.2. The fraction of sp³-hybridized carbons (Fsp3) is 0.208. The smallest absolute Gasteiger partial charge is 0.255 e. The number of halogens is 1. The van der Waals surface area contributed by atoms with Crippen LogP contribution >= 0.6 is 0 Å². The molecule has 32 heavy (non-hydrogen) atoms. The van der Waals surface area contributed by atoms with Crippen LogP contribution in [0.25, 0.3) is 0 Å². The number of carbonyl (C=O) groups excluding carboxylic acids is 1. The number of hydrogen-bond donors (Lipinski definition) is 2. The second-order valence-corrected chi connectivity index (χ2v) is 9.51. The summed E-state index contributed by atoms with van der Waals surface area (Å²) in [7, 11) is -4.01. The summed E-state index contributed by atoms with van der Waals surface area (Å²) in [5.41, 5.74) is 9.11. The molecule has 4 rings (SSSR count). The maximum absolute atomic E-state index is 14.3. The zero-order valence-electron chi connectivity index (χ0n) is 17.6. The number of nitrogens with zero attached hydrogens (tertiary/aromatic N) is 1. The number of nitrogens with one attached hydrogen (secondary N) is 1. The van der Waals surface area contributed by atoms with Crippen molar-refractivity contribution in [1.29, 1.82) is 0 Å². The predicted molar refractivity (Wildman–Crippen MR) is 122 cm³/mol. The van der Waals surface area contributed by atoms with Crippen LogP contribution < -0.4 is 11.1 Å². The van der Waals surface area contributed by atoms with Gasteiger partial charge in [-0.2, -0.15) is 4.31 Å². The van der Waals surface area contributed by atoms with Crippen LogP contribution in [-0.2, 0) is 16.4 Å². The summed E-state index contributed by atoms with van der Waals surface area (Å²) in [5.74, 6) is -1.06. The van der Waals surface area contributed by atoms with Crippen LogP contribution in [0.2, 0.25) is 0 Å². The number of nitrogens with two attached hydrogens (primary N) is 1. The third kappa shape index (κ3) is 3.99. The van der Waals surface area contributed by atoms with E-state index in [0.29, 0.717) is 29.8 Å². The maximum atomic E-state index is 14.3. The lowest BCUT2D eigenvalue weighted by molar-refractivity contribution is 0.102. The standard InChI is InChI=1S/C24H24FN3O3S/c1-2-28(32(30,31)23-10-6-3-7-19(23)25)22-14-12-16-15-17(11-13-18(16)22)24(29)27-21-9-5-4-8-20(21)26/h3-11,13,15,22H,2,12,14,26H2,1H3,(H,27,29). The van der Waals surface area contributed by atoms with E-state index in [9.17, 15) is 17.6 Å². The van der Waals surface area contributed by atoms with E-state index in [2.05, 4.69) is 5.32 Å². The van der Waals surface area contributed by atoms with Gasteiger partial charge in [-0.3, -0.25) is 4.79 Å². The number of rotatable bonds is 6. The molecule has 166 valence electrons. The van der Waals surface area contributed by atoms with Crippen LogP contribution in [0.3, 0.4) is 0 Å². The number of benzene rings is 3. The van der Waals surface area contributed by atoms with E-state index in [0.717, 1.165) is 17.2 Å². The van der Waals surface area contributed by atoms with Crippen molar-refractivity contribution >= 4 is 27.3 Å². The second kappa shape index (κ2) is 8.72. The average Bonchev–Trinajstić information content (AvgIpc) is 3.18. The lowest BCUT2D eigenvalue weighted by Crippen LogP contribution is -2.34. The first-order chi connectivity index (χ1) is 15.3. The molecule has 0 bridgehead atoms. The molecule has 8 heteroatoms. The number of aryl methyl sites for hydroxylation is 1. The molecular weight excluding hydrogens is 429 g/mol. The Morgan fingerprint density at radius 1 is 1.12 bits per heavy atom. The molecule has 0 aliphatic heterocycles. The number of anilines is 2. The molecule has 0 fully saturated rings. The number of carbonyl (C=O) groups is 1. The first kappa shape index (κ1) is 22.0. The highest BCUT2D eigenvalue weighted by Crippen LogP contribution is 2.39. The average molecular weight is 454 g/mol. The number of nitrogen functional groups attached to an aromatic ring is 1. The fourth-order valence-corrected chi connectivity index (χ4v) is 5.89. The lowest BCUT2D eigenvalue weighted by Gasteiger charge is -2.28. The van der Waals surface area contributed by atoms with Crippen molar-refractivity contribution in [1.82, 2.24) is 4.31 Å². The normalized spacial score (nSPS) is 15.5. The van der Waals surface area contributed by atoms with Gasteiger partial charge >= 0.3 is 0 Å². The van der Waals surface area contributed by atoms with Crippen LogP contribution in [-0.4, -0.2) is 25.2 Å². The maximum Gasteiger partial charge on any atom is 0.255 e. The zero-order valence-corrected chi connectivity index (χ0v) is 18.4. The molecule has 0 radical (unpaired) electrons. The van der Waals surface area contributed by atoms with Crippen LogP contribution in [0, 0.1) is 5.82 Å². The van der Waals surface area contributed by atoms with E-state index in [4.69, 9.17) is 5.73 Å². The van der Waals surface area contributed by atoms with Crippen molar-refractivity contribution in [2.24, 2.45) is 0 Å². The highest BCUT2D eigenvalue weighted by atomic mass is 32.2. The quantitative estimate of drug-likeness (QED) is 0.543. The molecule has 3 aromatic rings. The van der Waals surface area contributed by atoms with Crippen molar-refractivity contribution < 1.29 is 17.6 Å². The number of sulfonamides is 1. The van der Waals surface area contributed by atoms with Gasteiger partial charge in [-0.25, -0.2) is 12.8 Å². The van der Waals surface area contributed by atoms with Crippen LogP contribution in [0.4, 0.5) is 15.8 Å². The zero-order chi connectivity index (χ0) is 22.9. The van der Waals surface area contributed by atoms with Gasteiger partial charge in [-0.15, -0.1) is 0 Å². The number of para-hydroxylation sites is 2. The summed E-state index contributed by atoms with van der Waals surface area (Å²) < 4.78 is 42.0. The summed E-state index contributed by atoms with van der Waals surface area (Å²) in [5, 5.41) is 2.80. The van der Waals surface area contributed by atoms with Gasteiger partial charge in [0.05, 0.1) is 17.4 Å². The number of fused-ring (bicyclic) bond motifs is 1. The van der Waals surface area contributed by atoms with Gasteiger partial charge in [0.25, 0.3) is 5.91 Å². The molecule has 1 unspecified atom stereocenters. The molecule has 1 atom stereocenters. The Kier molecular flexibility index (Phi) is 5.99. The molecule has 0 aromatic heterocycles. The van der Waals surface area contributed by atoms with E-state index in [-0.39, 0.29) is 17.3 Å². The van der Waals surface area contributed by atoms with E-state index in [1.807, 2.05) is 0 Å². The Morgan fingerprint density at radius 3 is 2.56 bits per heavy atom. The summed E-state index contributed by atoms with van der Waals surface area (Å²) in [6.45, 7) is 1.94. The Morgan fingerprint density at radius 2 is 1.84 bits per heavy atom. The van der Waals surface area contributed by atoms with Crippen molar-refractivity contribution in [3.8, 4) is 0 Å². The van der Waals surface area contributed by atoms with Gasteiger partial charge in [-0.1, -0.05) is 37.3 Å².